The Labute approximate surface area is 193 Å². The van der Waals surface area contributed by atoms with Crippen molar-refractivity contribution in [3.8, 4) is 17.0 Å². The number of hydrogen-bond acceptors (Lipinski definition) is 5. The minimum absolute atomic E-state index is 0.0493. The lowest BCUT2D eigenvalue weighted by molar-refractivity contribution is -0.122. The topological polar surface area (TPSA) is 84.4 Å². The van der Waals surface area contributed by atoms with Crippen molar-refractivity contribution in [2.24, 2.45) is 0 Å². The minimum atomic E-state index is -0.479. The van der Waals surface area contributed by atoms with Gasteiger partial charge >= 0.3 is 0 Å². The summed E-state index contributed by atoms with van der Waals surface area (Å²) < 4.78 is 18.5. The lowest BCUT2D eigenvalue weighted by atomic mass is 10.0. The van der Waals surface area contributed by atoms with Crippen molar-refractivity contribution in [3.63, 3.8) is 0 Å². The number of hydrogen-bond donors (Lipinski definition) is 1. The maximum absolute atomic E-state index is 13.5. The second-order valence-corrected chi connectivity index (χ2v) is 7.86. The molecule has 1 aliphatic rings. The Balaban J connectivity index is 1.42. The Kier molecular flexibility index (Phi) is 6.25. The molecule has 3 aromatic rings. The van der Waals surface area contributed by atoms with E-state index in [4.69, 9.17) is 27.9 Å². The van der Waals surface area contributed by atoms with E-state index in [1.165, 1.54) is 30.3 Å². The van der Waals surface area contributed by atoms with Crippen LogP contribution in [0.25, 0.3) is 11.3 Å². The van der Waals surface area contributed by atoms with Crippen LogP contribution in [0.5, 0.6) is 5.75 Å². The first-order chi connectivity index (χ1) is 15.4. The Bertz CT molecular complexity index is 1220. The van der Waals surface area contributed by atoms with E-state index in [2.05, 4.69) is 15.3 Å². The second-order valence-electron chi connectivity index (χ2n) is 7.11. The first kappa shape index (κ1) is 22.0. The summed E-state index contributed by atoms with van der Waals surface area (Å²) in [5, 5.41) is 3.10. The molecule has 0 radical (unpaired) electrons. The van der Waals surface area contributed by atoms with Crippen molar-refractivity contribution >= 4 is 35.0 Å². The molecule has 1 aliphatic heterocycles. The van der Waals surface area contributed by atoms with E-state index in [9.17, 15) is 14.0 Å². The standard InChI is InChI=1S/C22H17Cl2FN4O3/c1-32-18-6-12(2-5-17(18)25)8-26-19(30)11-29-10-14-4-3-13(7-15(14)21(29)31)20-16(23)9-27-22(24)28-20/h2-7,9H,8,10-11H2,1H3,(H,26,30). The summed E-state index contributed by atoms with van der Waals surface area (Å²) in [6, 6.07) is 9.62. The third kappa shape index (κ3) is 4.51. The molecule has 1 aromatic heterocycles. The maximum Gasteiger partial charge on any atom is 0.254 e. The van der Waals surface area contributed by atoms with Gasteiger partial charge in [-0.25, -0.2) is 14.4 Å². The third-order valence-corrected chi connectivity index (χ3v) is 5.48. The van der Waals surface area contributed by atoms with Crippen molar-refractivity contribution in [1.29, 1.82) is 0 Å². The number of carbonyl (C=O) groups excluding carboxylic acids is 2. The highest BCUT2D eigenvalue weighted by Crippen LogP contribution is 2.31. The molecule has 0 unspecified atom stereocenters. The Morgan fingerprint density at radius 3 is 2.84 bits per heavy atom. The quantitative estimate of drug-likeness (QED) is 0.548. The number of carbonyl (C=O) groups is 2. The van der Waals surface area contributed by atoms with E-state index >= 15 is 0 Å². The summed E-state index contributed by atoms with van der Waals surface area (Å²) in [5.41, 5.74) is 3.00. The number of methoxy groups -OCH3 is 1. The van der Waals surface area contributed by atoms with Gasteiger partial charge in [0.05, 0.1) is 24.0 Å². The Morgan fingerprint density at radius 2 is 2.06 bits per heavy atom. The van der Waals surface area contributed by atoms with Crippen molar-refractivity contribution < 1.29 is 18.7 Å². The average Bonchev–Trinajstić information content (AvgIpc) is 3.09. The molecule has 2 amide bonds. The molecule has 0 spiro atoms. The molecule has 2 heterocycles. The predicted molar refractivity (Wildman–Crippen MR) is 117 cm³/mol. The molecular weight excluding hydrogens is 458 g/mol. The molecule has 0 saturated heterocycles. The van der Waals surface area contributed by atoms with E-state index in [0.717, 1.165) is 5.56 Å². The monoisotopic (exact) mass is 474 g/mol. The fourth-order valence-electron chi connectivity index (χ4n) is 3.43. The number of fused-ring (bicyclic) bond motifs is 1. The largest absolute Gasteiger partial charge is 0.494 e. The smallest absolute Gasteiger partial charge is 0.254 e. The molecule has 0 aliphatic carbocycles. The molecule has 0 atom stereocenters. The van der Waals surface area contributed by atoms with Crippen molar-refractivity contribution in [2.45, 2.75) is 13.1 Å². The molecule has 10 heteroatoms. The summed E-state index contributed by atoms with van der Waals surface area (Å²) in [6.07, 6.45) is 1.40. The summed E-state index contributed by atoms with van der Waals surface area (Å²) in [7, 11) is 1.37. The third-order valence-electron chi connectivity index (χ3n) is 5.02. The van der Waals surface area contributed by atoms with Crippen LogP contribution in [-0.4, -0.2) is 40.3 Å². The highest BCUT2D eigenvalue weighted by Gasteiger charge is 2.29. The zero-order chi connectivity index (χ0) is 22.8. The number of amides is 2. The molecule has 0 bridgehead atoms. The normalized spacial score (nSPS) is 12.6. The molecule has 2 aromatic carbocycles. The molecular formula is C22H17Cl2FN4O3. The number of nitrogens with zero attached hydrogens (tertiary/aromatic N) is 3. The number of rotatable bonds is 6. The molecule has 0 saturated carbocycles. The Hall–Kier alpha value is -3.23. The van der Waals surface area contributed by atoms with Gasteiger partial charge < -0.3 is 15.0 Å². The van der Waals surface area contributed by atoms with Gasteiger partial charge in [-0.1, -0.05) is 29.8 Å². The number of aromatic nitrogens is 2. The number of benzene rings is 2. The van der Waals surface area contributed by atoms with Gasteiger partial charge in [0.15, 0.2) is 11.6 Å². The van der Waals surface area contributed by atoms with Crippen LogP contribution in [0.2, 0.25) is 10.3 Å². The number of ether oxygens (including phenoxy) is 1. The van der Waals surface area contributed by atoms with Crippen molar-refractivity contribution in [2.75, 3.05) is 13.7 Å². The lowest BCUT2D eigenvalue weighted by Crippen LogP contribution is -2.37. The predicted octanol–water partition coefficient (Wildman–Crippen LogP) is 3.87. The van der Waals surface area contributed by atoms with Crippen LogP contribution in [0, 0.1) is 5.82 Å². The van der Waals surface area contributed by atoms with Gasteiger partial charge in [-0.05, 0) is 40.9 Å². The fraction of sp³-hybridized carbons (Fsp3) is 0.182. The van der Waals surface area contributed by atoms with Gasteiger partial charge in [-0.2, -0.15) is 0 Å². The van der Waals surface area contributed by atoms with Gasteiger partial charge in [-0.15, -0.1) is 0 Å². The minimum Gasteiger partial charge on any atom is -0.494 e. The zero-order valence-electron chi connectivity index (χ0n) is 16.9. The van der Waals surface area contributed by atoms with Crippen LogP contribution in [0.4, 0.5) is 4.39 Å². The van der Waals surface area contributed by atoms with Crippen LogP contribution in [0.15, 0.2) is 42.6 Å². The first-order valence-corrected chi connectivity index (χ1v) is 10.3. The van der Waals surface area contributed by atoms with E-state index in [1.807, 2.05) is 0 Å². The van der Waals surface area contributed by atoms with Gasteiger partial charge in [0.2, 0.25) is 11.2 Å². The lowest BCUT2D eigenvalue weighted by Gasteiger charge is -2.15. The highest BCUT2D eigenvalue weighted by atomic mass is 35.5. The Morgan fingerprint density at radius 1 is 1.25 bits per heavy atom. The maximum atomic E-state index is 13.5. The van der Waals surface area contributed by atoms with E-state index in [-0.39, 0.29) is 35.9 Å². The van der Waals surface area contributed by atoms with Gasteiger partial charge in [-0.3, -0.25) is 9.59 Å². The van der Waals surface area contributed by atoms with Crippen LogP contribution in [0.1, 0.15) is 21.5 Å². The van der Waals surface area contributed by atoms with Gasteiger partial charge in [0.1, 0.15) is 6.54 Å². The van der Waals surface area contributed by atoms with Crippen LogP contribution in [0.3, 0.4) is 0 Å². The SMILES string of the molecule is COc1cc(CNC(=O)CN2Cc3ccc(-c4nc(Cl)ncc4Cl)cc3C2=O)ccc1F. The first-order valence-electron chi connectivity index (χ1n) is 9.55. The summed E-state index contributed by atoms with van der Waals surface area (Å²) in [4.78, 5) is 34.7. The molecule has 4 rings (SSSR count). The summed E-state index contributed by atoms with van der Waals surface area (Å²) >= 11 is 12.0. The van der Waals surface area contributed by atoms with Crippen molar-refractivity contribution in [3.05, 3.63) is 75.4 Å². The van der Waals surface area contributed by atoms with E-state index < -0.39 is 5.82 Å². The molecule has 1 N–H and O–H groups in total. The fourth-order valence-corrected chi connectivity index (χ4v) is 3.76. The van der Waals surface area contributed by atoms with Crippen LogP contribution in [-0.2, 0) is 17.9 Å². The second kappa shape index (κ2) is 9.10. The molecule has 0 fully saturated rings. The van der Waals surface area contributed by atoms with E-state index in [0.29, 0.717) is 34.0 Å². The molecule has 164 valence electrons. The van der Waals surface area contributed by atoms with Crippen LogP contribution < -0.4 is 10.1 Å². The summed E-state index contributed by atoms with van der Waals surface area (Å²) in [6.45, 7) is 0.382. The number of halogens is 3. The highest BCUT2D eigenvalue weighted by molar-refractivity contribution is 6.33. The van der Waals surface area contributed by atoms with Crippen molar-refractivity contribution in [1.82, 2.24) is 20.2 Å². The van der Waals surface area contributed by atoms with E-state index in [1.54, 1.807) is 24.3 Å². The van der Waals surface area contributed by atoms with Gasteiger partial charge in [0, 0.05) is 24.2 Å². The average molecular weight is 475 g/mol. The molecule has 7 nitrogen and oxygen atoms in total. The van der Waals surface area contributed by atoms with Crippen LogP contribution >= 0.6 is 23.2 Å². The zero-order valence-corrected chi connectivity index (χ0v) is 18.4. The molecule has 32 heavy (non-hydrogen) atoms. The van der Waals surface area contributed by atoms with Gasteiger partial charge in [0.25, 0.3) is 5.91 Å². The number of nitrogens with one attached hydrogen (secondary N) is 1. The summed E-state index contributed by atoms with van der Waals surface area (Å²) in [5.74, 6) is -0.979.